The molecule has 3 heterocycles. The molecule has 3 amide bonds. The minimum Gasteiger partial charge on any atom is -0.458 e. The van der Waals surface area contributed by atoms with Gasteiger partial charge < -0.3 is 9.73 Å². The van der Waals surface area contributed by atoms with Gasteiger partial charge in [-0.25, -0.2) is 4.98 Å². The van der Waals surface area contributed by atoms with E-state index >= 15 is 0 Å². The number of nitrogens with one attached hydrogen (secondary N) is 1. The van der Waals surface area contributed by atoms with Gasteiger partial charge in [-0.2, -0.15) is 0 Å². The number of thiazole rings is 1. The summed E-state index contributed by atoms with van der Waals surface area (Å²) in [6.07, 6.45) is 0.374. The highest BCUT2D eigenvalue weighted by atomic mass is 32.1. The number of hydrogen-bond donors (Lipinski definition) is 1. The lowest BCUT2D eigenvalue weighted by atomic mass is 10.0. The van der Waals surface area contributed by atoms with E-state index < -0.39 is 17.9 Å². The fourth-order valence-corrected chi connectivity index (χ4v) is 4.25. The number of hydrogen-bond acceptors (Lipinski definition) is 6. The average Bonchev–Trinajstić information content (AvgIpc) is 3.44. The third kappa shape index (κ3) is 4.16. The SMILES string of the molecule is Cc1nc(-c2ccc(CNC(=O)[C@@H](CC(C)C)N3C(=O)c4ccccc4C3=O)o2)cs1. The molecular weight excluding hydrogens is 414 g/mol. The molecule has 31 heavy (non-hydrogen) atoms. The summed E-state index contributed by atoms with van der Waals surface area (Å²) in [7, 11) is 0. The van der Waals surface area contributed by atoms with Crippen molar-refractivity contribution in [3.05, 3.63) is 63.7 Å². The van der Waals surface area contributed by atoms with Crippen LogP contribution in [0, 0.1) is 12.8 Å². The Balaban J connectivity index is 1.49. The number of carbonyl (C=O) groups excluding carboxylic acids is 3. The summed E-state index contributed by atoms with van der Waals surface area (Å²) in [5.41, 5.74) is 1.43. The van der Waals surface area contributed by atoms with E-state index in [2.05, 4.69) is 10.3 Å². The topological polar surface area (TPSA) is 92.5 Å². The van der Waals surface area contributed by atoms with Crippen LogP contribution in [0.5, 0.6) is 0 Å². The Morgan fingerprint density at radius 2 is 1.81 bits per heavy atom. The van der Waals surface area contributed by atoms with Crippen LogP contribution in [0.3, 0.4) is 0 Å². The standard InChI is InChI=1S/C23H23N3O4S/c1-13(2)10-19(26-22(28)16-6-4-5-7-17(16)23(26)29)21(27)24-11-15-8-9-20(30-15)18-12-31-14(3)25-18/h4-9,12-13,19H,10-11H2,1-3H3,(H,24,27)/t19-/m1/s1. The largest absolute Gasteiger partial charge is 0.458 e. The Bertz CT molecular complexity index is 1110. The Morgan fingerprint density at radius 3 is 2.39 bits per heavy atom. The number of imide groups is 1. The molecule has 160 valence electrons. The molecule has 4 rings (SSSR count). The van der Waals surface area contributed by atoms with Gasteiger partial charge in [-0.05, 0) is 43.5 Å². The van der Waals surface area contributed by atoms with Gasteiger partial charge in [0.1, 0.15) is 17.5 Å². The number of aromatic nitrogens is 1. The zero-order valence-corrected chi connectivity index (χ0v) is 18.4. The zero-order chi connectivity index (χ0) is 22.1. The van der Waals surface area contributed by atoms with Crippen molar-refractivity contribution < 1.29 is 18.8 Å². The minimum absolute atomic E-state index is 0.114. The molecule has 7 nitrogen and oxygen atoms in total. The molecule has 1 atom stereocenters. The van der Waals surface area contributed by atoms with Crippen LogP contribution in [0.25, 0.3) is 11.5 Å². The average molecular weight is 438 g/mol. The molecule has 3 aromatic rings. The summed E-state index contributed by atoms with van der Waals surface area (Å²) in [5, 5.41) is 5.68. The molecule has 0 unspecified atom stereocenters. The van der Waals surface area contributed by atoms with E-state index in [1.165, 1.54) is 11.3 Å². The number of benzene rings is 1. The van der Waals surface area contributed by atoms with Crippen molar-refractivity contribution in [1.82, 2.24) is 15.2 Å². The smallest absolute Gasteiger partial charge is 0.262 e. The summed E-state index contributed by atoms with van der Waals surface area (Å²) in [6.45, 7) is 5.98. The number of carbonyl (C=O) groups is 3. The number of fused-ring (bicyclic) bond motifs is 1. The van der Waals surface area contributed by atoms with E-state index in [4.69, 9.17) is 4.42 Å². The molecular formula is C23H23N3O4S. The molecule has 0 bridgehead atoms. The first-order valence-corrected chi connectivity index (χ1v) is 11.0. The second-order valence-electron chi connectivity index (χ2n) is 7.91. The van der Waals surface area contributed by atoms with Crippen molar-refractivity contribution in [1.29, 1.82) is 0 Å². The second-order valence-corrected chi connectivity index (χ2v) is 8.97. The molecule has 8 heteroatoms. The highest BCUT2D eigenvalue weighted by Gasteiger charge is 2.42. The molecule has 0 saturated heterocycles. The quantitative estimate of drug-likeness (QED) is 0.563. The number of rotatable bonds is 7. The molecule has 0 saturated carbocycles. The summed E-state index contributed by atoms with van der Waals surface area (Å²) in [6, 6.07) is 9.36. The normalized spacial score (nSPS) is 14.3. The van der Waals surface area contributed by atoms with Crippen molar-refractivity contribution in [3.63, 3.8) is 0 Å². The van der Waals surface area contributed by atoms with E-state index in [9.17, 15) is 14.4 Å². The van der Waals surface area contributed by atoms with Crippen LogP contribution >= 0.6 is 11.3 Å². The molecule has 1 aromatic carbocycles. The fourth-order valence-electron chi connectivity index (χ4n) is 3.65. The Kier molecular flexibility index (Phi) is 5.73. The van der Waals surface area contributed by atoms with Gasteiger partial charge in [-0.1, -0.05) is 26.0 Å². The first-order valence-electron chi connectivity index (χ1n) is 10.1. The molecule has 0 radical (unpaired) electrons. The molecule has 0 fully saturated rings. The van der Waals surface area contributed by atoms with Crippen molar-refractivity contribution in [2.75, 3.05) is 0 Å². The maximum Gasteiger partial charge on any atom is 0.262 e. The third-order valence-electron chi connectivity index (χ3n) is 5.10. The van der Waals surface area contributed by atoms with Crippen molar-refractivity contribution in [2.45, 2.75) is 39.8 Å². The zero-order valence-electron chi connectivity index (χ0n) is 17.5. The van der Waals surface area contributed by atoms with Gasteiger partial charge in [0.25, 0.3) is 11.8 Å². The summed E-state index contributed by atoms with van der Waals surface area (Å²) >= 11 is 1.54. The number of amides is 3. The Morgan fingerprint density at radius 1 is 1.13 bits per heavy atom. The maximum atomic E-state index is 13.1. The van der Waals surface area contributed by atoms with Crippen molar-refractivity contribution in [3.8, 4) is 11.5 Å². The van der Waals surface area contributed by atoms with Crippen molar-refractivity contribution >= 4 is 29.1 Å². The van der Waals surface area contributed by atoms with Crippen LogP contribution < -0.4 is 5.32 Å². The molecule has 1 aliphatic rings. The Hall–Kier alpha value is -3.26. The van der Waals surface area contributed by atoms with Gasteiger partial charge in [0.15, 0.2) is 5.76 Å². The first kappa shape index (κ1) is 21.0. The fraction of sp³-hybridized carbons (Fsp3) is 0.304. The van der Waals surface area contributed by atoms with Gasteiger partial charge in [0.05, 0.1) is 22.7 Å². The maximum absolute atomic E-state index is 13.1. The van der Waals surface area contributed by atoms with Gasteiger partial charge in [-0.3, -0.25) is 19.3 Å². The van der Waals surface area contributed by atoms with Crippen LogP contribution in [0.2, 0.25) is 0 Å². The number of nitrogens with zero attached hydrogens (tertiary/aromatic N) is 2. The summed E-state index contributed by atoms with van der Waals surface area (Å²) < 4.78 is 5.79. The highest BCUT2D eigenvalue weighted by Crippen LogP contribution is 2.27. The summed E-state index contributed by atoms with van der Waals surface area (Å²) in [5.74, 6) is 0.0716. The van der Waals surface area contributed by atoms with Crippen LogP contribution in [0.1, 0.15) is 51.8 Å². The van der Waals surface area contributed by atoms with E-state index in [0.29, 0.717) is 29.1 Å². The highest BCUT2D eigenvalue weighted by molar-refractivity contribution is 7.09. The van der Waals surface area contributed by atoms with E-state index in [0.717, 1.165) is 15.6 Å². The van der Waals surface area contributed by atoms with Gasteiger partial charge in [0.2, 0.25) is 5.91 Å². The van der Waals surface area contributed by atoms with Crippen LogP contribution in [0.15, 0.2) is 46.2 Å². The molecule has 2 aromatic heterocycles. The molecule has 1 aliphatic heterocycles. The lowest BCUT2D eigenvalue weighted by Gasteiger charge is -2.26. The Labute approximate surface area is 184 Å². The monoisotopic (exact) mass is 437 g/mol. The van der Waals surface area contributed by atoms with Crippen molar-refractivity contribution in [2.24, 2.45) is 5.92 Å². The summed E-state index contributed by atoms with van der Waals surface area (Å²) in [4.78, 5) is 44.3. The second kappa shape index (κ2) is 8.47. The van der Waals surface area contributed by atoms with Crippen LogP contribution in [-0.2, 0) is 11.3 Å². The first-order chi connectivity index (χ1) is 14.8. The number of furan rings is 1. The molecule has 0 spiro atoms. The lowest BCUT2D eigenvalue weighted by Crippen LogP contribution is -2.50. The predicted octanol–water partition coefficient (Wildman–Crippen LogP) is 4.04. The van der Waals surface area contributed by atoms with Gasteiger partial charge in [-0.15, -0.1) is 11.3 Å². The predicted molar refractivity (Wildman–Crippen MR) is 117 cm³/mol. The molecule has 1 N–H and O–H groups in total. The van der Waals surface area contributed by atoms with Gasteiger partial charge >= 0.3 is 0 Å². The lowest BCUT2D eigenvalue weighted by molar-refractivity contribution is -0.125. The van der Waals surface area contributed by atoms with E-state index in [1.807, 2.05) is 32.2 Å². The van der Waals surface area contributed by atoms with E-state index in [-0.39, 0.29) is 18.4 Å². The third-order valence-corrected chi connectivity index (χ3v) is 5.88. The van der Waals surface area contributed by atoms with Crippen LogP contribution in [0.4, 0.5) is 0 Å². The molecule has 0 aliphatic carbocycles. The van der Waals surface area contributed by atoms with Gasteiger partial charge in [0, 0.05) is 5.38 Å². The minimum atomic E-state index is -0.886. The van der Waals surface area contributed by atoms with E-state index in [1.54, 1.807) is 30.3 Å². The van der Waals surface area contributed by atoms with Crippen LogP contribution in [-0.4, -0.2) is 33.6 Å². The number of aryl methyl sites for hydroxylation is 1.